The van der Waals surface area contributed by atoms with Gasteiger partial charge in [0.15, 0.2) is 12.1 Å². The summed E-state index contributed by atoms with van der Waals surface area (Å²) in [7, 11) is 0. The monoisotopic (exact) mass is 923 g/mol. The molecule has 65 heavy (non-hydrogen) atoms. The molecule has 19 atom stereocenters. The zero-order valence-corrected chi connectivity index (χ0v) is 37.6. The number of cyclic esters (lactones) is 1. The van der Waals surface area contributed by atoms with E-state index in [-0.39, 0.29) is 31.6 Å². The molecule has 3 heterocycles. The second-order valence-corrected chi connectivity index (χ2v) is 17.6. The summed E-state index contributed by atoms with van der Waals surface area (Å²) in [6.07, 6.45) is 3.46. The van der Waals surface area contributed by atoms with Crippen LogP contribution in [0.1, 0.15) is 79.1 Å². The predicted molar refractivity (Wildman–Crippen MR) is 237 cm³/mol. The Kier molecular flexibility index (Phi) is 23.6. The lowest BCUT2D eigenvalue weighted by Crippen LogP contribution is -2.61. The van der Waals surface area contributed by atoms with Crippen LogP contribution < -0.4 is 5.73 Å². The van der Waals surface area contributed by atoms with E-state index in [0.717, 1.165) is 0 Å². The van der Waals surface area contributed by atoms with Gasteiger partial charge in [0.2, 0.25) is 0 Å². The van der Waals surface area contributed by atoms with E-state index >= 15 is 0 Å². The molecule has 0 saturated carbocycles. The molecule has 0 amide bonds. The van der Waals surface area contributed by atoms with E-state index in [1.54, 1.807) is 80.7 Å². The van der Waals surface area contributed by atoms with Crippen molar-refractivity contribution in [2.24, 2.45) is 23.5 Å². The molecule has 3 aliphatic heterocycles. The third kappa shape index (κ3) is 18.6. The SMILES string of the molecule is C[C@@H]1[C@H](O)[C@@H](C)/C=C/C=C/C=C/C=C/C=C/C=C/C=C/C(OC2O[C@H](C)[C@@H](O)[C@H](N)[C@H]2O)C[C@@H]2O[C@](O)(C[C@@H](O)C[C@@H](O)[C@H](O)CC[C@@H](O)C[C@@H](O)CC(=O)O[C@H]1C)C[C@H](O)[C@H]2C(=O)O. The van der Waals surface area contributed by atoms with Crippen molar-refractivity contribution in [3.8, 4) is 0 Å². The molecule has 18 nitrogen and oxygen atoms in total. The Labute approximate surface area is 381 Å². The zero-order chi connectivity index (χ0) is 48.4. The van der Waals surface area contributed by atoms with Gasteiger partial charge < -0.3 is 80.9 Å². The van der Waals surface area contributed by atoms with Crippen molar-refractivity contribution in [2.75, 3.05) is 0 Å². The predicted octanol–water partition coefficient (Wildman–Crippen LogP) is 0.712. The van der Waals surface area contributed by atoms with Crippen molar-refractivity contribution in [1.29, 1.82) is 0 Å². The molecule has 2 unspecified atom stereocenters. The summed E-state index contributed by atoms with van der Waals surface area (Å²) in [5, 5.41) is 118. The van der Waals surface area contributed by atoms with Crippen LogP contribution in [0, 0.1) is 17.8 Å². The van der Waals surface area contributed by atoms with Crippen molar-refractivity contribution >= 4 is 11.9 Å². The standard InChI is InChI=1S/C47H73NO17/c1-27-17-15-13-11-9-7-5-6-8-10-12-14-16-18-34(64-46-44(58)41(48)43(57)30(4)63-46)24-38-40(45(59)60)37(54)26-47(61,65-38)25-33(51)22-36(53)35(52)20-19-31(49)21-32(50)23-39(55)62-29(3)28(2)42(27)56/h5-18,27-38,40-44,46,49-54,56-58,61H,19-26,48H2,1-4H3,(H,59,60)/b6-5+,9-7+,10-8+,13-11+,14-12+,17-15+,18-16+/t27-,28-,29-,30+,31+,32+,33-,34?,35+,36+,37-,38-,40+,41-,42+,43+,44+,46?,47+/m0/s1. The summed E-state index contributed by atoms with van der Waals surface area (Å²) in [6, 6.07) is -1.15. The molecule has 13 N–H and O–H groups in total. The Bertz CT molecular complexity index is 1670. The average molecular weight is 924 g/mol. The quantitative estimate of drug-likeness (QED) is 0.174. The van der Waals surface area contributed by atoms with Crippen LogP contribution in [-0.4, -0.2) is 166 Å². The Balaban J connectivity index is 1.86. The van der Waals surface area contributed by atoms with Gasteiger partial charge in [-0.1, -0.05) is 98.9 Å². The molecule has 3 rings (SSSR count). The zero-order valence-electron chi connectivity index (χ0n) is 37.6. The summed E-state index contributed by atoms with van der Waals surface area (Å²) in [5.74, 6) is -6.83. The highest BCUT2D eigenvalue weighted by atomic mass is 16.7. The lowest BCUT2D eigenvalue weighted by Gasteiger charge is -2.45. The van der Waals surface area contributed by atoms with E-state index in [1.807, 2.05) is 19.1 Å². The highest BCUT2D eigenvalue weighted by Gasteiger charge is 2.51. The highest BCUT2D eigenvalue weighted by Crippen LogP contribution is 2.38. The van der Waals surface area contributed by atoms with Crippen LogP contribution in [0.4, 0.5) is 0 Å². The number of rotatable bonds is 3. The van der Waals surface area contributed by atoms with E-state index in [0.29, 0.717) is 0 Å². The van der Waals surface area contributed by atoms with Gasteiger partial charge in [-0.25, -0.2) is 0 Å². The minimum absolute atomic E-state index is 0.107. The van der Waals surface area contributed by atoms with Crippen LogP contribution in [-0.2, 0) is 28.5 Å². The molecular formula is C47H73NO17. The fourth-order valence-corrected chi connectivity index (χ4v) is 7.97. The van der Waals surface area contributed by atoms with Crippen molar-refractivity contribution in [2.45, 2.75) is 177 Å². The molecular weight excluding hydrogens is 851 g/mol. The Morgan fingerprint density at radius 1 is 0.662 bits per heavy atom. The number of ether oxygens (including phenoxy) is 4. The Morgan fingerprint density at radius 2 is 1.23 bits per heavy atom. The average Bonchev–Trinajstić information content (AvgIpc) is 3.21. The minimum atomic E-state index is -2.33. The lowest BCUT2D eigenvalue weighted by molar-refractivity contribution is -0.308. The van der Waals surface area contributed by atoms with Gasteiger partial charge in [0.25, 0.3) is 0 Å². The third-order valence-corrected chi connectivity index (χ3v) is 12.0. The van der Waals surface area contributed by atoms with Crippen molar-refractivity contribution < 1.29 is 84.7 Å². The summed E-state index contributed by atoms with van der Waals surface area (Å²) >= 11 is 0. The van der Waals surface area contributed by atoms with Gasteiger partial charge in [-0.05, 0) is 33.1 Å². The van der Waals surface area contributed by atoms with Crippen LogP contribution in [0.25, 0.3) is 0 Å². The fourth-order valence-electron chi connectivity index (χ4n) is 7.97. The van der Waals surface area contributed by atoms with E-state index in [1.165, 1.54) is 13.0 Å². The molecule has 0 aromatic rings. The number of aliphatic hydroxyl groups is 10. The van der Waals surface area contributed by atoms with Gasteiger partial charge in [0.1, 0.15) is 18.1 Å². The molecule has 368 valence electrons. The first kappa shape index (κ1) is 55.9. The molecule has 0 spiro atoms. The van der Waals surface area contributed by atoms with Crippen LogP contribution in [0.3, 0.4) is 0 Å². The van der Waals surface area contributed by atoms with Gasteiger partial charge in [-0.2, -0.15) is 0 Å². The van der Waals surface area contributed by atoms with Crippen molar-refractivity contribution in [1.82, 2.24) is 0 Å². The molecule has 0 radical (unpaired) electrons. The van der Waals surface area contributed by atoms with Gasteiger partial charge in [-0.15, -0.1) is 0 Å². The topological polar surface area (TPSA) is 320 Å². The summed E-state index contributed by atoms with van der Waals surface area (Å²) in [4.78, 5) is 25.1. The van der Waals surface area contributed by atoms with Crippen LogP contribution in [0.5, 0.6) is 0 Å². The number of allylic oxidation sites excluding steroid dienone is 12. The minimum Gasteiger partial charge on any atom is -0.481 e. The number of carbonyl (C=O) groups excluding carboxylic acids is 1. The number of hydrogen-bond donors (Lipinski definition) is 12. The van der Waals surface area contributed by atoms with Gasteiger partial charge in [0.05, 0.1) is 79.6 Å². The van der Waals surface area contributed by atoms with E-state index in [9.17, 15) is 65.8 Å². The van der Waals surface area contributed by atoms with Crippen molar-refractivity contribution in [3.63, 3.8) is 0 Å². The first-order chi connectivity index (χ1) is 30.6. The Morgan fingerprint density at radius 3 is 1.82 bits per heavy atom. The number of carboxylic acid groups (broad SMARTS) is 1. The largest absolute Gasteiger partial charge is 0.481 e. The number of aliphatic carboxylic acids is 1. The maximum atomic E-state index is 12.6. The van der Waals surface area contributed by atoms with Crippen LogP contribution in [0.15, 0.2) is 85.1 Å². The molecule has 2 fully saturated rings. The number of fused-ring (bicyclic) bond motifs is 2. The first-order valence-electron chi connectivity index (χ1n) is 22.3. The normalized spacial score (nSPS) is 45.5. The van der Waals surface area contributed by atoms with Gasteiger partial charge in [0, 0.05) is 37.5 Å². The third-order valence-electron chi connectivity index (χ3n) is 12.0. The molecule has 3 aliphatic rings. The lowest BCUT2D eigenvalue weighted by atomic mass is 9.82. The second kappa shape index (κ2) is 27.4. The van der Waals surface area contributed by atoms with Gasteiger partial charge in [-0.3, -0.25) is 9.59 Å². The fraction of sp³-hybridized carbons (Fsp3) is 0.660. The van der Waals surface area contributed by atoms with Gasteiger partial charge >= 0.3 is 11.9 Å². The number of nitrogens with two attached hydrogens (primary N) is 1. The summed E-state index contributed by atoms with van der Waals surface area (Å²) in [6.45, 7) is 6.74. The number of esters is 1. The highest BCUT2D eigenvalue weighted by molar-refractivity contribution is 5.71. The van der Waals surface area contributed by atoms with E-state index < -0.39 is 147 Å². The molecule has 2 bridgehead atoms. The van der Waals surface area contributed by atoms with Crippen molar-refractivity contribution in [3.05, 3.63) is 85.1 Å². The second-order valence-electron chi connectivity index (χ2n) is 17.6. The summed E-state index contributed by atoms with van der Waals surface area (Å²) in [5.41, 5.74) is 6.02. The number of carboxylic acids is 1. The molecule has 2 saturated heterocycles. The maximum Gasteiger partial charge on any atom is 0.311 e. The van der Waals surface area contributed by atoms with E-state index in [2.05, 4.69) is 0 Å². The molecule has 0 aliphatic carbocycles. The number of aliphatic hydroxyl groups excluding tert-OH is 9. The van der Waals surface area contributed by atoms with E-state index in [4.69, 9.17) is 24.7 Å². The van der Waals surface area contributed by atoms with Crippen LogP contribution >= 0.6 is 0 Å². The molecule has 0 aromatic carbocycles. The molecule has 0 aromatic heterocycles. The smallest absolute Gasteiger partial charge is 0.311 e. The molecule has 18 heteroatoms. The summed E-state index contributed by atoms with van der Waals surface area (Å²) < 4.78 is 23.1. The maximum absolute atomic E-state index is 12.6. The first-order valence-corrected chi connectivity index (χ1v) is 22.3. The number of hydrogen-bond acceptors (Lipinski definition) is 17. The Hall–Kier alpha value is -3.44. The number of carbonyl (C=O) groups is 2. The van der Waals surface area contributed by atoms with Crippen LogP contribution in [0.2, 0.25) is 0 Å².